The first-order valence-electron chi connectivity index (χ1n) is 7.78. The summed E-state index contributed by atoms with van der Waals surface area (Å²) in [6.07, 6.45) is 1.80. The van der Waals surface area contributed by atoms with Gasteiger partial charge in [-0.25, -0.2) is 4.98 Å². The maximum absolute atomic E-state index is 4.75. The summed E-state index contributed by atoms with van der Waals surface area (Å²) in [5.74, 6) is 1.39. The average molecular weight is 282 g/mol. The van der Waals surface area contributed by atoms with Gasteiger partial charge in [-0.2, -0.15) is 5.10 Å². The van der Waals surface area contributed by atoms with Gasteiger partial charge in [0, 0.05) is 6.54 Å². The Labute approximate surface area is 126 Å². The van der Waals surface area contributed by atoms with Crippen molar-refractivity contribution in [2.45, 2.75) is 39.7 Å². The summed E-state index contributed by atoms with van der Waals surface area (Å²) in [6, 6.07) is 11.0. The zero-order chi connectivity index (χ0) is 14.8. The van der Waals surface area contributed by atoms with Gasteiger partial charge in [0.25, 0.3) is 0 Å². The van der Waals surface area contributed by atoms with E-state index in [0.717, 1.165) is 36.7 Å². The number of aromatic nitrogens is 3. The molecular formula is C17H22N4. The number of anilines is 1. The second-order valence-corrected chi connectivity index (χ2v) is 5.70. The van der Waals surface area contributed by atoms with Crippen LogP contribution in [0.4, 0.5) is 5.95 Å². The minimum atomic E-state index is 0.366. The average Bonchev–Trinajstić information content (AvgIpc) is 2.52. The molecule has 0 aliphatic carbocycles. The normalized spacial score (nSPS) is 21.2. The van der Waals surface area contributed by atoms with Gasteiger partial charge in [-0.15, -0.1) is 5.10 Å². The second-order valence-electron chi connectivity index (χ2n) is 5.70. The standard InChI is InChI=1S/C17H22N4/c1-4-14-15(5-2)19-20-17(18-14)21-11-12(3)16(21)13-9-7-6-8-10-13/h6-10,12,16H,4-5,11H2,1-3H3. The summed E-state index contributed by atoms with van der Waals surface area (Å²) >= 11 is 0. The summed E-state index contributed by atoms with van der Waals surface area (Å²) in [6.45, 7) is 7.50. The van der Waals surface area contributed by atoms with Crippen molar-refractivity contribution in [2.75, 3.05) is 11.4 Å². The lowest BCUT2D eigenvalue weighted by Gasteiger charge is -2.46. The van der Waals surface area contributed by atoms with Crippen LogP contribution in [0.15, 0.2) is 30.3 Å². The van der Waals surface area contributed by atoms with Gasteiger partial charge in [0.1, 0.15) is 0 Å². The monoisotopic (exact) mass is 282 g/mol. The van der Waals surface area contributed by atoms with E-state index in [0.29, 0.717) is 12.0 Å². The van der Waals surface area contributed by atoms with E-state index >= 15 is 0 Å². The van der Waals surface area contributed by atoms with Gasteiger partial charge in [0.15, 0.2) is 0 Å². The molecule has 0 N–H and O–H groups in total. The molecule has 2 atom stereocenters. The maximum atomic E-state index is 4.75. The molecule has 1 aliphatic rings. The van der Waals surface area contributed by atoms with E-state index in [1.54, 1.807) is 0 Å². The number of benzene rings is 1. The van der Waals surface area contributed by atoms with Gasteiger partial charge in [0.2, 0.25) is 5.95 Å². The van der Waals surface area contributed by atoms with Crippen molar-refractivity contribution in [1.82, 2.24) is 15.2 Å². The molecule has 3 rings (SSSR count). The fourth-order valence-corrected chi connectivity index (χ4v) is 3.11. The summed E-state index contributed by atoms with van der Waals surface area (Å²) in [5.41, 5.74) is 3.43. The number of hydrogen-bond donors (Lipinski definition) is 0. The smallest absolute Gasteiger partial charge is 0.246 e. The van der Waals surface area contributed by atoms with Crippen molar-refractivity contribution >= 4 is 5.95 Å². The molecule has 1 fully saturated rings. The third-order valence-electron chi connectivity index (χ3n) is 4.26. The zero-order valence-electron chi connectivity index (χ0n) is 13.0. The molecule has 1 aromatic heterocycles. The summed E-state index contributed by atoms with van der Waals surface area (Å²) in [5, 5.41) is 8.73. The Morgan fingerprint density at radius 3 is 2.38 bits per heavy atom. The van der Waals surface area contributed by atoms with Gasteiger partial charge < -0.3 is 4.90 Å². The molecular weight excluding hydrogens is 260 g/mol. The Morgan fingerprint density at radius 1 is 1.05 bits per heavy atom. The predicted octanol–water partition coefficient (Wildman–Crippen LogP) is 3.19. The van der Waals surface area contributed by atoms with E-state index in [2.05, 4.69) is 66.2 Å². The molecule has 0 radical (unpaired) electrons. The van der Waals surface area contributed by atoms with Crippen LogP contribution < -0.4 is 4.90 Å². The summed E-state index contributed by atoms with van der Waals surface area (Å²) in [7, 11) is 0. The SMILES string of the molecule is CCc1nnc(N2CC(C)C2c2ccccc2)nc1CC. The van der Waals surface area contributed by atoms with Crippen LogP contribution in [0.2, 0.25) is 0 Å². The highest BCUT2D eigenvalue weighted by molar-refractivity contribution is 5.42. The topological polar surface area (TPSA) is 41.9 Å². The van der Waals surface area contributed by atoms with Gasteiger partial charge in [-0.3, -0.25) is 0 Å². The van der Waals surface area contributed by atoms with Gasteiger partial charge >= 0.3 is 0 Å². The van der Waals surface area contributed by atoms with Crippen LogP contribution in [-0.2, 0) is 12.8 Å². The summed E-state index contributed by atoms with van der Waals surface area (Å²) in [4.78, 5) is 7.02. The Morgan fingerprint density at radius 2 is 1.76 bits per heavy atom. The van der Waals surface area contributed by atoms with Gasteiger partial charge in [-0.05, 0) is 24.3 Å². The number of rotatable bonds is 4. The Balaban J connectivity index is 1.90. The molecule has 1 aliphatic heterocycles. The summed E-state index contributed by atoms with van der Waals surface area (Å²) < 4.78 is 0. The molecule has 0 amide bonds. The molecule has 110 valence electrons. The molecule has 0 spiro atoms. The number of nitrogens with zero attached hydrogens (tertiary/aromatic N) is 4. The molecule has 4 nitrogen and oxygen atoms in total. The van der Waals surface area contributed by atoms with Crippen molar-refractivity contribution in [2.24, 2.45) is 5.92 Å². The van der Waals surface area contributed by atoms with E-state index < -0.39 is 0 Å². The predicted molar refractivity (Wildman–Crippen MR) is 84.3 cm³/mol. The van der Waals surface area contributed by atoms with E-state index in [1.165, 1.54) is 5.56 Å². The molecule has 2 aromatic rings. The minimum absolute atomic E-state index is 0.366. The van der Waals surface area contributed by atoms with Gasteiger partial charge in [0.05, 0.1) is 17.4 Å². The lowest BCUT2D eigenvalue weighted by Crippen LogP contribution is -2.49. The van der Waals surface area contributed by atoms with Crippen molar-refractivity contribution in [3.05, 3.63) is 47.3 Å². The Hall–Kier alpha value is -1.97. The minimum Gasteiger partial charge on any atom is -0.332 e. The van der Waals surface area contributed by atoms with E-state index in [1.807, 2.05) is 0 Å². The third kappa shape index (κ3) is 2.50. The van der Waals surface area contributed by atoms with Crippen molar-refractivity contribution in [3.63, 3.8) is 0 Å². The molecule has 2 heterocycles. The van der Waals surface area contributed by atoms with Crippen LogP contribution in [0.25, 0.3) is 0 Å². The highest BCUT2D eigenvalue weighted by Gasteiger charge is 2.38. The zero-order valence-corrected chi connectivity index (χ0v) is 13.0. The molecule has 2 unspecified atom stereocenters. The van der Waals surface area contributed by atoms with Crippen molar-refractivity contribution in [3.8, 4) is 0 Å². The maximum Gasteiger partial charge on any atom is 0.246 e. The lowest BCUT2D eigenvalue weighted by atomic mass is 9.85. The van der Waals surface area contributed by atoms with E-state index in [9.17, 15) is 0 Å². The quantitative estimate of drug-likeness (QED) is 0.863. The van der Waals surface area contributed by atoms with Crippen LogP contribution in [0.1, 0.15) is 43.8 Å². The molecule has 0 saturated carbocycles. The second kappa shape index (κ2) is 5.80. The highest BCUT2D eigenvalue weighted by atomic mass is 15.4. The van der Waals surface area contributed by atoms with E-state index in [-0.39, 0.29) is 0 Å². The first-order chi connectivity index (χ1) is 10.2. The first kappa shape index (κ1) is 14.0. The highest BCUT2D eigenvalue weighted by Crippen LogP contribution is 2.40. The Kier molecular flexibility index (Phi) is 3.86. The lowest BCUT2D eigenvalue weighted by molar-refractivity contribution is 0.317. The van der Waals surface area contributed by atoms with Gasteiger partial charge in [-0.1, -0.05) is 51.1 Å². The van der Waals surface area contributed by atoms with Crippen molar-refractivity contribution in [1.29, 1.82) is 0 Å². The van der Waals surface area contributed by atoms with Crippen LogP contribution in [0.3, 0.4) is 0 Å². The van der Waals surface area contributed by atoms with E-state index in [4.69, 9.17) is 4.98 Å². The molecule has 0 bridgehead atoms. The fourth-order valence-electron chi connectivity index (χ4n) is 3.11. The van der Waals surface area contributed by atoms with Crippen LogP contribution in [-0.4, -0.2) is 21.7 Å². The third-order valence-corrected chi connectivity index (χ3v) is 4.26. The molecule has 4 heteroatoms. The van der Waals surface area contributed by atoms with Crippen LogP contribution >= 0.6 is 0 Å². The fraction of sp³-hybridized carbons (Fsp3) is 0.471. The molecule has 1 aromatic carbocycles. The van der Waals surface area contributed by atoms with Crippen LogP contribution in [0.5, 0.6) is 0 Å². The molecule has 21 heavy (non-hydrogen) atoms. The first-order valence-corrected chi connectivity index (χ1v) is 7.78. The largest absolute Gasteiger partial charge is 0.332 e. The van der Waals surface area contributed by atoms with Crippen molar-refractivity contribution < 1.29 is 0 Å². The Bertz CT molecular complexity index is 611. The molecule has 1 saturated heterocycles. The number of aryl methyl sites for hydroxylation is 2. The van der Waals surface area contributed by atoms with Crippen LogP contribution in [0, 0.1) is 5.92 Å². The number of hydrogen-bond acceptors (Lipinski definition) is 4.